The Labute approximate surface area is 170 Å². The number of carboxylic acid groups (broad SMARTS) is 1. The molecule has 11 heteroatoms. The average Bonchev–Trinajstić information content (AvgIpc) is 3.32. The Morgan fingerprint density at radius 3 is 2.50 bits per heavy atom. The molecule has 0 atom stereocenters. The van der Waals surface area contributed by atoms with Crippen molar-refractivity contribution in [2.24, 2.45) is 7.05 Å². The van der Waals surface area contributed by atoms with Crippen molar-refractivity contribution in [3.63, 3.8) is 0 Å². The normalized spacial score (nSPS) is 11.0. The summed E-state index contributed by atoms with van der Waals surface area (Å²) in [6, 6.07) is 6.91. The number of aromatic carboxylic acids is 1. The van der Waals surface area contributed by atoms with Gasteiger partial charge in [-0.3, -0.25) is 19.1 Å². The number of ether oxygens (including phenoxy) is 1. The van der Waals surface area contributed by atoms with E-state index in [0.717, 1.165) is 15.6 Å². The molecule has 1 N–H and O–H groups in total. The number of hydrogen-bond acceptors (Lipinski definition) is 5. The van der Waals surface area contributed by atoms with E-state index >= 15 is 0 Å². The fraction of sp³-hybridized carbons (Fsp3) is 0.263. The molecule has 1 aromatic carbocycles. The van der Waals surface area contributed by atoms with Gasteiger partial charge in [-0.1, -0.05) is 12.1 Å². The molecule has 0 fully saturated rings. The van der Waals surface area contributed by atoms with Crippen LogP contribution in [-0.4, -0.2) is 50.1 Å². The molecule has 0 aliphatic rings. The summed E-state index contributed by atoms with van der Waals surface area (Å²) in [5.74, 6) is -1.33. The van der Waals surface area contributed by atoms with E-state index in [9.17, 15) is 23.5 Å². The first-order valence-corrected chi connectivity index (χ1v) is 8.80. The maximum Gasteiger partial charge on any atom is 0.339 e. The minimum absolute atomic E-state index is 0.0490. The van der Waals surface area contributed by atoms with Gasteiger partial charge in [0.15, 0.2) is 0 Å². The Bertz CT molecular complexity index is 1050. The number of anilines is 1. The van der Waals surface area contributed by atoms with Crippen LogP contribution in [0.4, 0.5) is 14.5 Å². The summed E-state index contributed by atoms with van der Waals surface area (Å²) < 4.78 is 32.7. The smallest absolute Gasteiger partial charge is 0.339 e. The number of hydrogen-bond donors (Lipinski definition) is 1. The van der Waals surface area contributed by atoms with Crippen LogP contribution in [0, 0.1) is 0 Å². The van der Waals surface area contributed by atoms with E-state index in [-0.39, 0.29) is 23.5 Å². The van der Waals surface area contributed by atoms with Crippen LogP contribution in [0.3, 0.4) is 0 Å². The molecule has 3 rings (SSSR count). The molecule has 0 unspecified atom stereocenters. The van der Waals surface area contributed by atoms with Crippen LogP contribution < -0.4 is 9.64 Å². The lowest BCUT2D eigenvalue weighted by molar-refractivity contribution is 0.0691. The lowest BCUT2D eigenvalue weighted by atomic mass is 10.1. The van der Waals surface area contributed by atoms with Crippen molar-refractivity contribution in [2.75, 3.05) is 12.0 Å². The molecule has 3 aromatic rings. The van der Waals surface area contributed by atoms with Gasteiger partial charge in [-0.15, -0.1) is 0 Å². The van der Waals surface area contributed by atoms with Gasteiger partial charge in [0.2, 0.25) is 0 Å². The molecule has 30 heavy (non-hydrogen) atoms. The lowest BCUT2D eigenvalue weighted by Crippen LogP contribution is -2.33. The summed E-state index contributed by atoms with van der Waals surface area (Å²) >= 11 is 0. The van der Waals surface area contributed by atoms with Gasteiger partial charge in [0, 0.05) is 13.2 Å². The third kappa shape index (κ3) is 4.45. The van der Waals surface area contributed by atoms with Crippen LogP contribution in [0.15, 0.2) is 42.9 Å². The molecule has 2 heterocycles. The quantitative estimate of drug-likeness (QED) is 0.602. The van der Waals surface area contributed by atoms with Crippen molar-refractivity contribution in [2.45, 2.75) is 19.5 Å². The highest BCUT2D eigenvalue weighted by atomic mass is 19.3. The molecule has 0 aliphatic heterocycles. The van der Waals surface area contributed by atoms with E-state index in [2.05, 4.69) is 10.2 Å². The van der Waals surface area contributed by atoms with Crippen molar-refractivity contribution in [1.82, 2.24) is 19.6 Å². The van der Waals surface area contributed by atoms with Crippen LogP contribution >= 0.6 is 0 Å². The van der Waals surface area contributed by atoms with Crippen molar-refractivity contribution in [3.8, 4) is 5.75 Å². The van der Waals surface area contributed by atoms with E-state index in [0.29, 0.717) is 11.3 Å². The third-order valence-corrected chi connectivity index (χ3v) is 4.37. The second kappa shape index (κ2) is 8.72. The first-order valence-electron chi connectivity index (χ1n) is 8.80. The fourth-order valence-electron chi connectivity index (χ4n) is 2.90. The molecule has 0 radical (unpaired) electrons. The summed E-state index contributed by atoms with van der Waals surface area (Å²) in [5, 5.41) is 17.1. The summed E-state index contributed by atoms with van der Waals surface area (Å²) in [5.41, 5.74) is 0.554. The van der Waals surface area contributed by atoms with Crippen LogP contribution in [0.25, 0.3) is 0 Å². The van der Waals surface area contributed by atoms with Crippen molar-refractivity contribution >= 4 is 17.6 Å². The van der Waals surface area contributed by atoms with E-state index in [1.165, 1.54) is 31.5 Å². The predicted octanol–water partition coefficient (Wildman–Crippen LogP) is 2.44. The fourth-order valence-corrected chi connectivity index (χ4v) is 2.90. The topological polar surface area (TPSA) is 102 Å². The Morgan fingerprint density at radius 2 is 1.90 bits per heavy atom. The number of carbonyl (C=O) groups is 2. The summed E-state index contributed by atoms with van der Waals surface area (Å²) in [6.07, 6.45) is 1.06. The van der Waals surface area contributed by atoms with E-state index < -0.39 is 24.8 Å². The Morgan fingerprint density at radius 1 is 1.20 bits per heavy atom. The predicted molar refractivity (Wildman–Crippen MR) is 102 cm³/mol. The number of alkyl halides is 2. The van der Waals surface area contributed by atoms with E-state index in [4.69, 9.17) is 4.74 Å². The second-order valence-corrected chi connectivity index (χ2v) is 6.39. The number of amides is 1. The number of methoxy groups -OCH3 is 1. The van der Waals surface area contributed by atoms with Gasteiger partial charge in [0.1, 0.15) is 23.6 Å². The first-order chi connectivity index (χ1) is 14.3. The zero-order chi connectivity index (χ0) is 21.8. The van der Waals surface area contributed by atoms with Gasteiger partial charge in [-0.05, 0) is 17.7 Å². The largest absolute Gasteiger partial charge is 0.497 e. The van der Waals surface area contributed by atoms with Gasteiger partial charge in [0.25, 0.3) is 12.3 Å². The number of halogens is 2. The van der Waals surface area contributed by atoms with E-state index in [1.54, 1.807) is 24.3 Å². The highest BCUT2D eigenvalue weighted by molar-refractivity contribution is 6.10. The number of rotatable bonds is 8. The number of carboxylic acids is 1. The van der Waals surface area contributed by atoms with Crippen LogP contribution in [0.2, 0.25) is 0 Å². The summed E-state index contributed by atoms with van der Waals surface area (Å²) in [6.45, 7) is -0.579. The molecule has 0 saturated carbocycles. The monoisotopic (exact) mass is 419 g/mol. The highest BCUT2D eigenvalue weighted by Crippen LogP contribution is 2.23. The minimum atomic E-state index is -2.61. The van der Waals surface area contributed by atoms with Gasteiger partial charge < -0.3 is 9.84 Å². The maximum absolute atomic E-state index is 13.3. The number of nitrogens with zero attached hydrogens (tertiary/aromatic N) is 5. The minimum Gasteiger partial charge on any atom is -0.497 e. The van der Waals surface area contributed by atoms with Crippen molar-refractivity contribution in [3.05, 3.63) is 59.7 Å². The zero-order valence-electron chi connectivity index (χ0n) is 16.2. The summed E-state index contributed by atoms with van der Waals surface area (Å²) in [7, 11) is 2.98. The molecular weight excluding hydrogens is 400 g/mol. The van der Waals surface area contributed by atoms with Crippen LogP contribution in [-0.2, 0) is 20.1 Å². The SMILES string of the molecule is COc1ccc(CN(C(=O)c2c(C(=O)O)cnn2C)c2cnn(CC(F)F)c2)cc1. The zero-order valence-corrected chi connectivity index (χ0v) is 16.2. The average molecular weight is 419 g/mol. The van der Waals surface area contributed by atoms with Crippen molar-refractivity contribution < 1.29 is 28.2 Å². The molecule has 1 amide bonds. The molecule has 9 nitrogen and oxygen atoms in total. The molecular formula is C19H19F2N5O4. The third-order valence-electron chi connectivity index (χ3n) is 4.37. The first kappa shape index (κ1) is 21.0. The molecule has 0 saturated heterocycles. The molecule has 158 valence electrons. The highest BCUT2D eigenvalue weighted by Gasteiger charge is 2.28. The van der Waals surface area contributed by atoms with Gasteiger partial charge in [-0.25, -0.2) is 13.6 Å². The number of aromatic nitrogens is 4. The number of carbonyl (C=O) groups excluding carboxylic acids is 1. The number of aryl methyl sites for hydroxylation is 1. The molecule has 0 spiro atoms. The second-order valence-electron chi connectivity index (χ2n) is 6.39. The number of benzene rings is 1. The molecule has 0 aliphatic carbocycles. The standard InChI is InChI=1S/C19H19F2N5O4/c1-24-17(15(8-22-24)19(28)29)18(27)26(9-12-3-5-14(30-2)6-4-12)13-7-23-25(10-13)11-16(20)21/h3-8,10,16H,9,11H2,1-2H3,(H,28,29). The van der Waals surface area contributed by atoms with Crippen LogP contribution in [0.5, 0.6) is 5.75 Å². The maximum atomic E-state index is 13.3. The Balaban J connectivity index is 2.00. The van der Waals surface area contributed by atoms with E-state index in [1.807, 2.05) is 0 Å². The van der Waals surface area contributed by atoms with Gasteiger partial charge >= 0.3 is 5.97 Å². The van der Waals surface area contributed by atoms with Gasteiger partial charge in [-0.2, -0.15) is 10.2 Å². The van der Waals surface area contributed by atoms with Gasteiger partial charge in [0.05, 0.1) is 31.7 Å². The molecule has 2 aromatic heterocycles. The Kier molecular flexibility index (Phi) is 6.09. The molecule has 0 bridgehead atoms. The lowest BCUT2D eigenvalue weighted by Gasteiger charge is -2.22. The van der Waals surface area contributed by atoms with Crippen LogP contribution in [0.1, 0.15) is 26.4 Å². The Hall–Kier alpha value is -3.76. The van der Waals surface area contributed by atoms with Crippen molar-refractivity contribution in [1.29, 1.82) is 0 Å². The summed E-state index contributed by atoms with van der Waals surface area (Å²) in [4.78, 5) is 26.1.